The molecule has 4 aliphatic rings. The van der Waals surface area contributed by atoms with Crippen molar-refractivity contribution in [3.8, 4) is 11.1 Å². The summed E-state index contributed by atoms with van der Waals surface area (Å²) in [5.74, 6) is -1.39. The molecule has 4 aromatic rings. The number of benzene rings is 4. The number of anilines is 1. The van der Waals surface area contributed by atoms with E-state index in [1.807, 2.05) is 36.4 Å². The Balaban J connectivity index is 1.27. The number of hydrogen-bond donors (Lipinski definition) is 0. The summed E-state index contributed by atoms with van der Waals surface area (Å²) in [5, 5.41) is 10.9. The number of nitro groups is 1. The summed E-state index contributed by atoms with van der Waals surface area (Å²) >= 11 is 0. The SMILES string of the molecule is O=C1[C@@H]2C3c4ccccc4C(c4ccccc43)[C@@H]2C(=O)N1c1ccc(-c2ccc([N+](=O)[O-])cc2)cc1. The van der Waals surface area contributed by atoms with Crippen molar-refractivity contribution in [2.75, 3.05) is 4.90 Å². The van der Waals surface area contributed by atoms with Gasteiger partial charge in [-0.3, -0.25) is 19.7 Å². The number of hydrogen-bond acceptors (Lipinski definition) is 4. The van der Waals surface area contributed by atoms with E-state index < -0.39 is 16.8 Å². The van der Waals surface area contributed by atoms with Crippen LogP contribution < -0.4 is 4.90 Å². The molecule has 1 fully saturated rings. The predicted octanol–water partition coefficient (Wildman–Crippen LogP) is 5.66. The molecule has 0 aromatic heterocycles. The van der Waals surface area contributed by atoms with Gasteiger partial charge in [-0.05, 0) is 57.6 Å². The lowest BCUT2D eigenvalue weighted by Gasteiger charge is -2.45. The zero-order valence-corrected chi connectivity index (χ0v) is 19.1. The summed E-state index contributed by atoms with van der Waals surface area (Å²) in [6.07, 6.45) is 0. The van der Waals surface area contributed by atoms with Crippen LogP contribution in [0.2, 0.25) is 0 Å². The second-order valence-corrected chi connectivity index (χ2v) is 9.63. The van der Waals surface area contributed by atoms with Crippen LogP contribution in [0.1, 0.15) is 34.1 Å². The normalized spacial score (nSPS) is 23.3. The number of amides is 2. The Morgan fingerprint density at radius 2 is 0.972 bits per heavy atom. The highest BCUT2D eigenvalue weighted by atomic mass is 16.6. The van der Waals surface area contributed by atoms with Gasteiger partial charge in [0.2, 0.25) is 11.8 Å². The van der Waals surface area contributed by atoms with Gasteiger partial charge in [0.05, 0.1) is 22.4 Å². The Morgan fingerprint density at radius 1 is 0.583 bits per heavy atom. The predicted molar refractivity (Wildman–Crippen MR) is 135 cm³/mol. The number of imide groups is 1. The molecule has 1 heterocycles. The van der Waals surface area contributed by atoms with Crippen LogP contribution in [0.15, 0.2) is 97.1 Å². The first kappa shape index (κ1) is 20.8. The van der Waals surface area contributed by atoms with Gasteiger partial charge in [0.15, 0.2) is 0 Å². The maximum absolute atomic E-state index is 13.9. The van der Waals surface area contributed by atoms with Gasteiger partial charge >= 0.3 is 0 Å². The fourth-order valence-electron chi connectivity index (χ4n) is 6.51. The molecule has 1 aliphatic heterocycles. The fraction of sp³-hybridized carbons (Fsp3) is 0.133. The van der Waals surface area contributed by atoms with Crippen LogP contribution in [0.25, 0.3) is 11.1 Å². The Morgan fingerprint density at radius 3 is 1.36 bits per heavy atom. The van der Waals surface area contributed by atoms with E-state index in [-0.39, 0.29) is 29.3 Å². The lowest BCUT2D eigenvalue weighted by Crippen LogP contribution is -2.41. The van der Waals surface area contributed by atoms with Gasteiger partial charge in [0.1, 0.15) is 0 Å². The molecule has 1 saturated heterocycles. The highest BCUT2D eigenvalue weighted by Gasteiger charge is 2.61. The van der Waals surface area contributed by atoms with Crippen LogP contribution in [0.3, 0.4) is 0 Å². The first-order valence-corrected chi connectivity index (χ1v) is 11.9. The quantitative estimate of drug-likeness (QED) is 0.219. The molecule has 6 heteroatoms. The summed E-state index contributed by atoms with van der Waals surface area (Å²) in [6, 6.07) is 30.0. The Labute approximate surface area is 207 Å². The average molecular weight is 473 g/mol. The van der Waals surface area contributed by atoms with Gasteiger partial charge in [-0.2, -0.15) is 0 Å². The van der Waals surface area contributed by atoms with Crippen LogP contribution in [-0.4, -0.2) is 16.7 Å². The smallest absolute Gasteiger partial charge is 0.269 e. The second-order valence-electron chi connectivity index (χ2n) is 9.63. The first-order chi connectivity index (χ1) is 17.5. The maximum atomic E-state index is 13.9. The summed E-state index contributed by atoms with van der Waals surface area (Å²) in [7, 11) is 0. The standard InChI is InChI=1S/C30H20N2O4/c33-29-27-25-21-5-1-2-6-22(21)26(24-8-4-3-7-23(24)25)28(27)30(34)31(29)19-13-9-17(10-14-19)18-11-15-20(16-12-18)32(35)36/h1-16,25-28H/t25?,26?,27-,28+. The van der Waals surface area contributed by atoms with E-state index in [1.165, 1.54) is 17.0 Å². The van der Waals surface area contributed by atoms with E-state index in [0.29, 0.717) is 5.69 Å². The van der Waals surface area contributed by atoms with Crippen molar-refractivity contribution in [1.82, 2.24) is 0 Å². The third-order valence-corrected chi connectivity index (χ3v) is 7.99. The molecule has 8 rings (SSSR count). The van der Waals surface area contributed by atoms with E-state index >= 15 is 0 Å². The highest BCUT2D eigenvalue weighted by Crippen LogP contribution is 2.61. The molecule has 4 aromatic carbocycles. The molecule has 0 spiro atoms. The average Bonchev–Trinajstić information content (AvgIpc) is 3.19. The van der Waals surface area contributed by atoms with Crippen LogP contribution >= 0.6 is 0 Å². The molecular formula is C30H20N2O4. The second kappa shape index (κ2) is 7.46. The van der Waals surface area contributed by atoms with Crippen molar-refractivity contribution in [1.29, 1.82) is 0 Å². The van der Waals surface area contributed by atoms with Gasteiger partial charge in [-0.25, -0.2) is 4.90 Å². The van der Waals surface area contributed by atoms with E-state index in [1.54, 1.807) is 24.3 Å². The zero-order valence-electron chi connectivity index (χ0n) is 19.1. The van der Waals surface area contributed by atoms with Crippen LogP contribution in [-0.2, 0) is 9.59 Å². The van der Waals surface area contributed by atoms with E-state index in [4.69, 9.17) is 0 Å². The highest BCUT2D eigenvalue weighted by molar-refractivity contribution is 6.23. The molecule has 2 atom stereocenters. The maximum Gasteiger partial charge on any atom is 0.269 e. The minimum Gasteiger partial charge on any atom is -0.274 e. The van der Waals surface area contributed by atoms with Crippen molar-refractivity contribution < 1.29 is 14.5 Å². The van der Waals surface area contributed by atoms with Gasteiger partial charge in [0.25, 0.3) is 5.69 Å². The molecule has 2 amide bonds. The molecule has 3 aliphatic carbocycles. The summed E-state index contributed by atoms with van der Waals surface area (Å²) in [5.41, 5.74) is 6.87. The van der Waals surface area contributed by atoms with Crippen LogP contribution in [0.4, 0.5) is 11.4 Å². The molecule has 0 radical (unpaired) electrons. The number of rotatable bonds is 3. The minimum absolute atomic E-state index is 0.0304. The molecule has 0 saturated carbocycles. The van der Waals surface area contributed by atoms with E-state index in [0.717, 1.165) is 33.4 Å². The Bertz CT molecular complexity index is 1460. The minimum atomic E-state index is -0.430. The zero-order chi connectivity index (χ0) is 24.6. The number of carbonyl (C=O) groups excluding carboxylic acids is 2. The van der Waals surface area contributed by atoms with Crippen molar-refractivity contribution in [3.63, 3.8) is 0 Å². The molecule has 36 heavy (non-hydrogen) atoms. The summed E-state index contributed by atoms with van der Waals surface area (Å²) in [4.78, 5) is 39.6. The van der Waals surface area contributed by atoms with Gasteiger partial charge in [-0.15, -0.1) is 0 Å². The van der Waals surface area contributed by atoms with Gasteiger partial charge in [0, 0.05) is 24.0 Å². The van der Waals surface area contributed by atoms with Crippen LogP contribution in [0.5, 0.6) is 0 Å². The number of non-ortho nitro benzene ring substituents is 1. The Kier molecular flexibility index (Phi) is 4.30. The lowest BCUT2D eigenvalue weighted by atomic mass is 9.55. The Hall–Kier alpha value is -4.58. The van der Waals surface area contributed by atoms with Crippen LogP contribution in [0, 0.1) is 22.0 Å². The third kappa shape index (κ3) is 2.72. The number of carbonyl (C=O) groups is 2. The monoisotopic (exact) mass is 472 g/mol. The third-order valence-electron chi connectivity index (χ3n) is 7.99. The lowest BCUT2D eigenvalue weighted by molar-refractivity contribution is -0.384. The summed E-state index contributed by atoms with van der Waals surface area (Å²) < 4.78 is 0. The largest absolute Gasteiger partial charge is 0.274 e. The molecular weight excluding hydrogens is 452 g/mol. The molecule has 0 unspecified atom stereocenters. The number of nitro benzene ring substituents is 1. The number of nitrogens with zero attached hydrogens (tertiary/aromatic N) is 2. The van der Waals surface area contributed by atoms with E-state index in [2.05, 4.69) is 24.3 Å². The van der Waals surface area contributed by atoms with Crippen molar-refractivity contribution >= 4 is 23.2 Å². The van der Waals surface area contributed by atoms with Crippen molar-refractivity contribution in [2.24, 2.45) is 11.8 Å². The molecule has 2 bridgehead atoms. The topological polar surface area (TPSA) is 80.5 Å². The fourth-order valence-corrected chi connectivity index (χ4v) is 6.51. The van der Waals surface area contributed by atoms with E-state index in [9.17, 15) is 19.7 Å². The van der Waals surface area contributed by atoms with Gasteiger partial charge in [-0.1, -0.05) is 60.7 Å². The van der Waals surface area contributed by atoms with Crippen molar-refractivity contribution in [2.45, 2.75) is 11.8 Å². The van der Waals surface area contributed by atoms with Crippen molar-refractivity contribution in [3.05, 3.63) is 129 Å². The molecule has 6 nitrogen and oxygen atoms in total. The van der Waals surface area contributed by atoms with Gasteiger partial charge < -0.3 is 0 Å². The molecule has 0 N–H and O–H groups in total. The molecule has 174 valence electrons. The summed E-state index contributed by atoms with van der Waals surface area (Å²) in [6.45, 7) is 0. The first-order valence-electron chi connectivity index (χ1n) is 11.9.